The molecule has 3 saturated heterocycles. The number of cyclic esters (lactones) is 1. The molecule has 0 unspecified atom stereocenters. The first-order valence-electron chi connectivity index (χ1n) is 14.5. The number of rotatable bonds is 5. The third-order valence-electron chi connectivity index (χ3n) is 8.79. The molecule has 0 spiro atoms. The van der Waals surface area contributed by atoms with Gasteiger partial charge in [0.2, 0.25) is 5.95 Å². The molecule has 0 saturated carbocycles. The Morgan fingerprint density at radius 2 is 1.80 bits per heavy atom. The second-order valence-corrected chi connectivity index (χ2v) is 11.7. The summed E-state index contributed by atoms with van der Waals surface area (Å²) in [7, 11) is 2.04. The number of hydrogen-bond donors (Lipinski definition) is 0. The monoisotopic (exact) mass is 559 g/mol. The van der Waals surface area contributed by atoms with Crippen LogP contribution in [0.1, 0.15) is 32.4 Å². The van der Waals surface area contributed by atoms with Crippen LogP contribution in [0, 0.1) is 0 Å². The van der Waals surface area contributed by atoms with E-state index < -0.39 is 5.54 Å². The van der Waals surface area contributed by atoms with Crippen molar-refractivity contribution in [3.05, 3.63) is 35.9 Å². The van der Waals surface area contributed by atoms with E-state index in [-0.39, 0.29) is 12.0 Å². The van der Waals surface area contributed by atoms with Crippen LogP contribution in [-0.2, 0) is 34.3 Å². The van der Waals surface area contributed by atoms with Crippen LogP contribution in [0.3, 0.4) is 0 Å². The standard InChI is InChI=1S/C29H37N9O3/c1-5-22-30-20-8-6-7-9-21(20)38(22)28-32-25-24(26(33-28)36-12-14-40-15-13-36)31-23(34(25)4)17-35-10-11-37-19(16-35)18-41-27(39)29(37,2)3/h6-9,19H,5,10-18H2,1-4H3/t19-/m1/s1. The Labute approximate surface area is 238 Å². The first-order valence-corrected chi connectivity index (χ1v) is 14.5. The third-order valence-corrected chi connectivity index (χ3v) is 8.79. The number of aromatic nitrogens is 6. The van der Waals surface area contributed by atoms with Gasteiger partial charge in [-0.1, -0.05) is 19.1 Å². The molecule has 3 aromatic heterocycles. The normalized spacial score (nSPS) is 21.9. The maximum absolute atomic E-state index is 12.4. The molecular formula is C29H37N9O3. The number of anilines is 1. The maximum atomic E-state index is 12.4. The molecule has 0 N–H and O–H groups in total. The second kappa shape index (κ2) is 10.0. The Bertz CT molecular complexity index is 1620. The van der Waals surface area contributed by atoms with Crippen molar-refractivity contribution in [1.82, 2.24) is 38.9 Å². The van der Waals surface area contributed by atoms with Crippen molar-refractivity contribution in [2.24, 2.45) is 7.05 Å². The number of ether oxygens (including phenoxy) is 2. The average molecular weight is 560 g/mol. The van der Waals surface area contributed by atoms with Crippen LogP contribution in [0.2, 0.25) is 0 Å². The number of para-hydroxylation sites is 2. The predicted molar refractivity (Wildman–Crippen MR) is 154 cm³/mol. The van der Waals surface area contributed by atoms with Crippen LogP contribution in [0.25, 0.3) is 28.1 Å². The topological polar surface area (TPSA) is 107 Å². The number of carbonyl (C=O) groups excluding carboxylic acids is 1. The molecular weight excluding hydrogens is 522 g/mol. The number of esters is 1. The first kappa shape index (κ1) is 26.3. The molecule has 0 radical (unpaired) electrons. The van der Waals surface area contributed by atoms with Crippen molar-refractivity contribution in [2.75, 3.05) is 57.4 Å². The van der Waals surface area contributed by atoms with Gasteiger partial charge >= 0.3 is 5.97 Å². The van der Waals surface area contributed by atoms with E-state index in [4.69, 9.17) is 29.4 Å². The molecule has 41 heavy (non-hydrogen) atoms. The van der Waals surface area contributed by atoms with E-state index in [9.17, 15) is 4.79 Å². The highest BCUT2D eigenvalue weighted by atomic mass is 16.5. The van der Waals surface area contributed by atoms with Crippen molar-refractivity contribution >= 4 is 34.0 Å². The van der Waals surface area contributed by atoms with Crippen LogP contribution in [0.5, 0.6) is 0 Å². The zero-order valence-corrected chi connectivity index (χ0v) is 24.2. The fourth-order valence-electron chi connectivity index (χ4n) is 6.46. The summed E-state index contributed by atoms with van der Waals surface area (Å²) in [5, 5.41) is 0. The van der Waals surface area contributed by atoms with Crippen molar-refractivity contribution in [3.63, 3.8) is 0 Å². The summed E-state index contributed by atoms with van der Waals surface area (Å²) in [6, 6.07) is 8.30. The lowest BCUT2D eigenvalue weighted by atomic mass is 9.96. The van der Waals surface area contributed by atoms with Crippen molar-refractivity contribution in [3.8, 4) is 5.95 Å². The molecule has 3 fully saturated rings. The highest BCUT2D eigenvalue weighted by Crippen LogP contribution is 2.31. The van der Waals surface area contributed by atoms with Crippen LogP contribution in [0.15, 0.2) is 24.3 Å². The van der Waals surface area contributed by atoms with Gasteiger partial charge in [-0.15, -0.1) is 0 Å². The van der Waals surface area contributed by atoms with Gasteiger partial charge in [-0.25, -0.2) is 9.97 Å². The third kappa shape index (κ3) is 4.36. The van der Waals surface area contributed by atoms with Crippen molar-refractivity contribution in [1.29, 1.82) is 0 Å². The summed E-state index contributed by atoms with van der Waals surface area (Å²) in [4.78, 5) is 39.6. The Balaban J connectivity index is 1.28. The quantitative estimate of drug-likeness (QED) is 0.337. The Kier molecular flexibility index (Phi) is 6.44. The van der Waals surface area contributed by atoms with Crippen LogP contribution in [-0.4, -0.2) is 109 Å². The van der Waals surface area contributed by atoms with E-state index >= 15 is 0 Å². The Morgan fingerprint density at radius 1 is 1.00 bits per heavy atom. The van der Waals surface area contributed by atoms with Gasteiger partial charge in [0.15, 0.2) is 17.0 Å². The number of imidazole rings is 2. The molecule has 3 aliphatic heterocycles. The largest absolute Gasteiger partial charge is 0.463 e. The number of benzene rings is 1. The Hall–Kier alpha value is -3.61. The fourth-order valence-corrected chi connectivity index (χ4v) is 6.46. The van der Waals surface area contributed by atoms with E-state index in [0.717, 1.165) is 78.8 Å². The molecule has 0 amide bonds. The lowest BCUT2D eigenvalue weighted by Gasteiger charge is -2.50. The first-order chi connectivity index (χ1) is 19.8. The van der Waals surface area contributed by atoms with E-state index in [1.165, 1.54) is 0 Å². The summed E-state index contributed by atoms with van der Waals surface area (Å²) in [6.07, 6.45) is 0.763. The van der Waals surface area contributed by atoms with Crippen molar-refractivity contribution < 1.29 is 14.3 Å². The van der Waals surface area contributed by atoms with Gasteiger partial charge in [-0.3, -0.25) is 19.2 Å². The van der Waals surface area contributed by atoms with Gasteiger partial charge in [-0.05, 0) is 26.0 Å². The lowest BCUT2D eigenvalue weighted by Crippen LogP contribution is -2.67. The summed E-state index contributed by atoms with van der Waals surface area (Å²) in [5.41, 5.74) is 2.94. The molecule has 12 nitrogen and oxygen atoms in total. The Morgan fingerprint density at radius 3 is 2.61 bits per heavy atom. The predicted octanol–water partition coefficient (Wildman–Crippen LogP) is 1.92. The summed E-state index contributed by atoms with van der Waals surface area (Å²) in [5.74, 6) is 3.17. The van der Waals surface area contributed by atoms with Gasteiger partial charge in [0.1, 0.15) is 23.8 Å². The summed E-state index contributed by atoms with van der Waals surface area (Å²) in [6.45, 7) is 12.4. The minimum Gasteiger partial charge on any atom is -0.463 e. The van der Waals surface area contributed by atoms with Gasteiger partial charge < -0.3 is 18.9 Å². The summed E-state index contributed by atoms with van der Waals surface area (Å²) >= 11 is 0. The molecule has 6 heterocycles. The number of morpholine rings is 2. The average Bonchev–Trinajstić information content (AvgIpc) is 3.52. The van der Waals surface area contributed by atoms with Gasteiger partial charge in [0.05, 0.1) is 36.8 Å². The minimum absolute atomic E-state index is 0.139. The molecule has 0 bridgehead atoms. The fraction of sp³-hybridized carbons (Fsp3) is 0.552. The number of carbonyl (C=O) groups is 1. The van der Waals surface area contributed by atoms with Crippen LogP contribution >= 0.6 is 0 Å². The smallest absolute Gasteiger partial charge is 0.326 e. The molecule has 12 heteroatoms. The van der Waals surface area contributed by atoms with Crippen LogP contribution in [0.4, 0.5) is 5.82 Å². The van der Waals surface area contributed by atoms with Gasteiger partial charge in [0.25, 0.3) is 0 Å². The van der Waals surface area contributed by atoms with Gasteiger partial charge in [0, 0.05) is 46.2 Å². The molecule has 0 aliphatic carbocycles. The summed E-state index contributed by atoms with van der Waals surface area (Å²) < 4.78 is 15.4. The SMILES string of the molecule is CCc1nc2ccccc2n1-c1nc(N2CCOCC2)c2nc(CN3CCN4[C@@H](COC(=O)C4(C)C)C3)n(C)c2n1. The molecule has 3 aliphatic rings. The van der Waals surface area contributed by atoms with Crippen LogP contribution < -0.4 is 4.90 Å². The molecule has 216 valence electrons. The number of fused-ring (bicyclic) bond motifs is 3. The number of nitrogens with zero attached hydrogens (tertiary/aromatic N) is 9. The second-order valence-electron chi connectivity index (χ2n) is 11.7. The van der Waals surface area contributed by atoms with E-state index in [0.29, 0.717) is 32.3 Å². The number of piperazine rings is 1. The molecule has 4 aromatic rings. The zero-order chi connectivity index (χ0) is 28.3. The molecule has 1 atom stereocenters. The highest BCUT2D eigenvalue weighted by molar-refractivity contribution is 5.86. The number of hydrogen-bond acceptors (Lipinski definition) is 10. The molecule has 7 rings (SSSR count). The highest BCUT2D eigenvalue weighted by Gasteiger charge is 2.46. The minimum atomic E-state index is -0.596. The van der Waals surface area contributed by atoms with Gasteiger partial charge in [-0.2, -0.15) is 9.97 Å². The zero-order valence-electron chi connectivity index (χ0n) is 24.2. The van der Waals surface area contributed by atoms with E-state index in [1.54, 1.807) is 0 Å². The van der Waals surface area contributed by atoms with E-state index in [2.05, 4.69) is 36.8 Å². The lowest BCUT2D eigenvalue weighted by molar-refractivity contribution is -0.177. The van der Waals surface area contributed by atoms with E-state index in [1.807, 2.05) is 39.1 Å². The maximum Gasteiger partial charge on any atom is 0.326 e. The van der Waals surface area contributed by atoms with Crippen molar-refractivity contribution in [2.45, 2.75) is 45.3 Å². The molecule has 1 aromatic carbocycles. The number of aryl methyl sites for hydroxylation is 2.